The molecule has 0 spiro atoms. The fourth-order valence-corrected chi connectivity index (χ4v) is 4.86. The van der Waals surface area contributed by atoms with Crippen LogP contribution in [-0.4, -0.2) is 60.9 Å². The van der Waals surface area contributed by atoms with E-state index < -0.39 is 17.5 Å². The summed E-state index contributed by atoms with van der Waals surface area (Å²) < 4.78 is 29.1. The first-order valence-corrected chi connectivity index (χ1v) is 12.6. The maximum absolute atomic E-state index is 14.1. The van der Waals surface area contributed by atoms with Crippen molar-refractivity contribution in [3.8, 4) is 17.3 Å². The Balaban J connectivity index is 1.23. The highest BCUT2D eigenvalue weighted by atomic mass is 19.1. The summed E-state index contributed by atoms with van der Waals surface area (Å²) in [6, 6.07) is 8.76. The number of nitrogens with zero attached hydrogens (tertiary/aromatic N) is 8. The molecular weight excluding hydrogens is 504 g/mol. The van der Waals surface area contributed by atoms with Crippen LogP contribution in [0.1, 0.15) is 42.1 Å². The molecule has 0 saturated carbocycles. The van der Waals surface area contributed by atoms with Gasteiger partial charge in [-0.05, 0) is 43.4 Å². The number of H-pyrrole nitrogens is 1. The van der Waals surface area contributed by atoms with Crippen LogP contribution in [0.2, 0.25) is 0 Å². The second-order valence-electron chi connectivity index (χ2n) is 9.56. The Morgan fingerprint density at radius 3 is 2.77 bits per heavy atom. The highest BCUT2D eigenvalue weighted by Gasteiger charge is 2.28. The summed E-state index contributed by atoms with van der Waals surface area (Å²) in [4.78, 5) is 25.1. The predicted octanol–water partition coefficient (Wildman–Crippen LogP) is 4.51. The Hall–Kier alpha value is -4.66. The Morgan fingerprint density at radius 1 is 1.23 bits per heavy atom. The number of piperidine rings is 1. The van der Waals surface area contributed by atoms with Crippen LogP contribution < -0.4 is 4.90 Å². The zero-order chi connectivity index (χ0) is 27.4. The van der Waals surface area contributed by atoms with Crippen molar-refractivity contribution in [1.29, 1.82) is 5.26 Å². The van der Waals surface area contributed by atoms with Crippen LogP contribution in [0, 0.1) is 28.9 Å². The van der Waals surface area contributed by atoms with E-state index in [4.69, 9.17) is 0 Å². The van der Waals surface area contributed by atoms with Gasteiger partial charge in [-0.1, -0.05) is 0 Å². The third-order valence-electron chi connectivity index (χ3n) is 7.06. The summed E-state index contributed by atoms with van der Waals surface area (Å²) in [6.45, 7) is 0.940. The van der Waals surface area contributed by atoms with Crippen LogP contribution in [0.25, 0.3) is 11.3 Å². The number of benzene rings is 1. The second kappa shape index (κ2) is 11.4. The summed E-state index contributed by atoms with van der Waals surface area (Å²) in [6.07, 6.45) is 9.41. The van der Waals surface area contributed by atoms with E-state index in [0.29, 0.717) is 31.2 Å². The normalized spacial score (nSPS) is 14.7. The Morgan fingerprint density at radius 2 is 2.05 bits per heavy atom. The third-order valence-corrected chi connectivity index (χ3v) is 7.06. The minimum Gasteiger partial charge on any atom is -0.339 e. The summed E-state index contributed by atoms with van der Waals surface area (Å²) in [5.41, 5.74) is 1.39. The molecule has 1 aliphatic rings. The molecule has 5 rings (SSSR count). The topological polar surface area (TPSA) is 120 Å². The van der Waals surface area contributed by atoms with Gasteiger partial charge in [0.2, 0.25) is 5.95 Å². The average molecular weight is 532 g/mol. The van der Waals surface area contributed by atoms with Crippen molar-refractivity contribution in [3.63, 3.8) is 0 Å². The van der Waals surface area contributed by atoms with Crippen molar-refractivity contribution in [2.45, 2.75) is 31.7 Å². The zero-order valence-electron chi connectivity index (χ0n) is 21.3. The second-order valence-corrected chi connectivity index (χ2v) is 9.56. The molecule has 10 nitrogen and oxygen atoms in total. The van der Waals surface area contributed by atoms with E-state index in [9.17, 15) is 18.8 Å². The van der Waals surface area contributed by atoms with Gasteiger partial charge in [-0.15, -0.1) is 0 Å². The van der Waals surface area contributed by atoms with Gasteiger partial charge in [0.05, 0.1) is 42.2 Å². The molecule has 0 aliphatic carbocycles. The first-order valence-electron chi connectivity index (χ1n) is 12.6. The molecule has 12 heteroatoms. The van der Waals surface area contributed by atoms with E-state index in [0.717, 1.165) is 42.8 Å². The van der Waals surface area contributed by atoms with Crippen molar-refractivity contribution in [2.24, 2.45) is 5.92 Å². The van der Waals surface area contributed by atoms with E-state index in [1.807, 2.05) is 30.1 Å². The lowest BCUT2D eigenvalue weighted by Gasteiger charge is -2.33. The van der Waals surface area contributed by atoms with E-state index in [1.165, 1.54) is 6.07 Å². The number of rotatable bonds is 8. The third kappa shape index (κ3) is 5.77. The number of hydrogen-bond donors (Lipinski definition) is 1. The summed E-state index contributed by atoms with van der Waals surface area (Å²) in [5.74, 6) is -0.470. The number of halogens is 2. The molecule has 4 heterocycles. The Labute approximate surface area is 223 Å². The molecule has 3 aromatic heterocycles. The maximum Gasteiger partial charge on any atom is 0.256 e. The van der Waals surface area contributed by atoms with E-state index in [-0.39, 0.29) is 17.5 Å². The highest BCUT2D eigenvalue weighted by Crippen LogP contribution is 2.30. The molecule has 0 bridgehead atoms. The molecule has 1 saturated heterocycles. The van der Waals surface area contributed by atoms with E-state index in [1.54, 1.807) is 28.4 Å². The van der Waals surface area contributed by atoms with Gasteiger partial charge in [0.1, 0.15) is 17.5 Å². The molecular formula is C27H27F2N9O. The van der Waals surface area contributed by atoms with E-state index >= 15 is 0 Å². The smallest absolute Gasteiger partial charge is 0.256 e. The van der Waals surface area contributed by atoms with Crippen LogP contribution >= 0.6 is 0 Å². The molecule has 4 aromatic rings. The fraction of sp³-hybridized carbons (Fsp3) is 0.333. The molecule has 1 unspecified atom stereocenters. The van der Waals surface area contributed by atoms with Gasteiger partial charge in [-0.2, -0.15) is 15.5 Å². The lowest BCUT2D eigenvalue weighted by atomic mass is 9.89. The molecule has 1 amide bonds. The quantitative estimate of drug-likeness (QED) is 0.355. The van der Waals surface area contributed by atoms with Gasteiger partial charge in [-0.25, -0.2) is 18.7 Å². The number of aromatic amines is 1. The average Bonchev–Trinajstić information content (AvgIpc) is 3.66. The molecule has 39 heavy (non-hydrogen) atoms. The highest BCUT2D eigenvalue weighted by molar-refractivity contribution is 5.94. The number of hydrogen-bond acceptors (Lipinski definition) is 7. The molecule has 1 aliphatic heterocycles. The van der Waals surface area contributed by atoms with Crippen LogP contribution in [0.5, 0.6) is 0 Å². The minimum absolute atomic E-state index is 0.120. The molecule has 1 fully saturated rings. The first-order chi connectivity index (χ1) is 18.9. The SMILES string of the molecule is CN(c1nccc(-c2cnn(C(CC#N)CC3CCN(C(=O)c4ccc(F)cc4F)CC3)c2)n1)c1ccn[nH]1. The minimum atomic E-state index is -0.852. The number of aromatic nitrogens is 6. The van der Waals surface area contributed by atoms with Gasteiger partial charge in [0, 0.05) is 50.2 Å². The predicted molar refractivity (Wildman–Crippen MR) is 139 cm³/mol. The van der Waals surface area contributed by atoms with Crippen LogP contribution in [0.15, 0.2) is 55.1 Å². The Kier molecular flexibility index (Phi) is 7.58. The molecule has 1 N–H and O–H groups in total. The van der Waals surface area contributed by atoms with Crippen molar-refractivity contribution >= 4 is 17.7 Å². The number of nitrogens with one attached hydrogen (secondary N) is 1. The van der Waals surface area contributed by atoms with Gasteiger partial charge in [0.15, 0.2) is 0 Å². The lowest BCUT2D eigenvalue weighted by molar-refractivity contribution is 0.0674. The summed E-state index contributed by atoms with van der Waals surface area (Å²) >= 11 is 0. The number of carbonyl (C=O) groups excluding carboxylic acids is 1. The van der Waals surface area contributed by atoms with Gasteiger partial charge >= 0.3 is 0 Å². The largest absolute Gasteiger partial charge is 0.339 e. The molecule has 0 radical (unpaired) electrons. The number of carbonyl (C=O) groups is 1. The maximum atomic E-state index is 14.1. The monoisotopic (exact) mass is 531 g/mol. The van der Waals surface area contributed by atoms with E-state index in [2.05, 4.69) is 31.3 Å². The van der Waals surface area contributed by atoms with Gasteiger partial charge in [-0.3, -0.25) is 19.5 Å². The van der Waals surface area contributed by atoms with Gasteiger partial charge < -0.3 is 4.90 Å². The standard InChI is InChI=1S/C27H27F2N9O/c1-36(25-6-11-32-35-25)27-31-10-5-24(34-27)19-16-33-38(17-19)21(4-9-30)14-18-7-12-37(13-8-18)26(39)22-3-2-20(28)15-23(22)29/h2-3,5-6,10-11,15-18,21H,4,7-8,12-14H2,1H3,(H,32,35). The summed E-state index contributed by atoms with van der Waals surface area (Å²) in [7, 11) is 1.84. The summed E-state index contributed by atoms with van der Waals surface area (Å²) in [5, 5.41) is 20.9. The van der Waals surface area contributed by atoms with Crippen molar-refractivity contribution in [2.75, 3.05) is 25.0 Å². The van der Waals surface area contributed by atoms with Crippen LogP contribution in [0.3, 0.4) is 0 Å². The number of likely N-dealkylation sites (tertiary alicyclic amines) is 1. The molecule has 200 valence electrons. The zero-order valence-corrected chi connectivity index (χ0v) is 21.3. The Bertz CT molecular complexity index is 1470. The first kappa shape index (κ1) is 26.0. The van der Waals surface area contributed by atoms with Gasteiger partial charge in [0.25, 0.3) is 5.91 Å². The van der Waals surface area contributed by atoms with Crippen molar-refractivity contribution in [3.05, 3.63) is 72.3 Å². The fourth-order valence-electron chi connectivity index (χ4n) is 4.86. The van der Waals surface area contributed by atoms with Crippen molar-refractivity contribution in [1.82, 2.24) is 34.8 Å². The van der Waals surface area contributed by atoms with Crippen LogP contribution in [-0.2, 0) is 0 Å². The number of nitriles is 1. The van der Waals surface area contributed by atoms with Crippen LogP contribution in [0.4, 0.5) is 20.5 Å². The number of anilines is 2. The molecule has 1 atom stereocenters. The van der Waals surface area contributed by atoms with Crippen molar-refractivity contribution < 1.29 is 13.6 Å². The molecule has 1 aromatic carbocycles. The lowest BCUT2D eigenvalue weighted by Crippen LogP contribution is -2.39. The number of amides is 1.